The number of amides is 1. The minimum absolute atomic E-state index is 0.0144. The summed E-state index contributed by atoms with van der Waals surface area (Å²) < 4.78 is 9.88. The highest BCUT2D eigenvalue weighted by atomic mass is 32.1. The number of likely N-dealkylation sites (N-methyl/N-ethyl adjacent to an activating group) is 1. The summed E-state index contributed by atoms with van der Waals surface area (Å²) in [7, 11) is 3.07. The van der Waals surface area contributed by atoms with Crippen molar-refractivity contribution in [3.05, 3.63) is 0 Å². The maximum Gasteiger partial charge on any atom is 0.277 e. The van der Waals surface area contributed by atoms with Gasteiger partial charge in [-0.25, -0.2) is 4.21 Å². The highest BCUT2D eigenvalue weighted by Gasteiger charge is 2.06. The maximum atomic E-state index is 10.6. The second-order valence-corrected chi connectivity index (χ2v) is 2.25. The third-order valence-electron chi connectivity index (χ3n) is 0.707. The molecule has 0 rings (SSSR count). The Morgan fingerprint density at radius 2 is 2.00 bits per heavy atom. The molecule has 0 aromatic heterocycles. The van der Waals surface area contributed by atoms with E-state index in [0.717, 1.165) is 0 Å². The first-order valence-corrected chi connectivity index (χ1v) is 2.97. The Labute approximate surface area is 56.7 Å². The molecule has 0 heterocycles. The first-order chi connectivity index (χ1) is 4.09. The SMILES string of the molecule is CN(C)C(=O)C(N)=S=O. The molecule has 0 radical (unpaired) electrons. The Kier molecular flexibility index (Phi) is 3.11. The number of nitrogens with zero attached hydrogens (tertiary/aromatic N) is 1. The van der Waals surface area contributed by atoms with Crippen molar-refractivity contribution in [2.24, 2.45) is 5.73 Å². The third kappa shape index (κ3) is 2.39. The summed E-state index contributed by atoms with van der Waals surface area (Å²) >= 11 is 0.0144. The lowest BCUT2D eigenvalue weighted by Crippen LogP contribution is -2.35. The van der Waals surface area contributed by atoms with Crippen molar-refractivity contribution in [2.75, 3.05) is 14.1 Å². The predicted molar refractivity (Wildman–Crippen MR) is 36.0 cm³/mol. The molecule has 9 heavy (non-hydrogen) atoms. The van der Waals surface area contributed by atoms with Crippen LogP contribution in [0, 0.1) is 0 Å². The lowest BCUT2D eigenvalue weighted by atomic mass is 10.6. The van der Waals surface area contributed by atoms with Crippen LogP contribution in [0.25, 0.3) is 0 Å². The van der Waals surface area contributed by atoms with E-state index >= 15 is 0 Å². The molecule has 4 nitrogen and oxygen atoms in total. The fourth-order valence-electron chi connectivity index (χ4n) is 0.256. The van der Waals surface area contributed by atoms with Crippen LogP contribution in [0.5, 0.6) is 0 Å². The van der Waals surface area contributed by atoms with E-state index in [0.29, 0.717) is 0 Å². The van der Waals surface area contributed by atoms with Gasteiger partial charge in [0.1, 0.15) is 11.3 Å². The molecule has 52 valence electrons. The Balaban J connectivity index is 4.23. The molecule has 0 saturated heterocycles. The summed E-state index contributed by atoms with van der Waals surface area (Å²) in [5.74, 6) is -0.435. The first kappa shape index (κ1) is 8.32. The van der Waals surface area contributed by atoms with Gasteiger partial charge < -0.3 is 4.90 Å². The maximum absolute atomic E-state index is 10.6. The van der Waals surface area contributed by atoms with Gasteiger partial charge >= 0.3 is 0 Å². The van der Waals surface area contributed by atoms with Crippen LogP contribution in [0.3, 0.4) is 0 Å². The van der Waals surface area contributed by atoms with E-state index in [1.54, 1.807) is 0 Å². The van der Waals surface area contributed by atoms with Gasteiger partial charge in [-0.05, 0) is 0 Å². The van der Waals surface area contributed by atoms with E-state index < -0.39 is 5.91 Å². The van der Waals surface area contributed by atoms with Crippen LogP contribution in [-0.2, 0) is 16.1 Å². The Morgan fingerprint density at radius 3 is 2.11 bits per heavy atom. The smallest absolute Gasteiger partial charge is 0.277 e. The fourth-order valence-corrected chi connectivity index (χ4v) is 0.510. The molecule has 0 bridgehead atoms. The van der Waals surface area contributed by atoms with E-state index in [1.165, 1.54) is 19.0 Å². The molecule has 2 N–H and O–H groups in total. The quantitative estimate of drug-likeness (QED) is 0.420. The molecule has 0 aliphatic heterocycles. The molecule has 0 unspecified atom stereocenters. The van der Waals surface area contributed by atoms with Gasteiger partial charge in [-0.15, -0.1) is 0 Å². The zero-order valence-corrected chi connectivity index (χ0v) is 6.07. The van der Waals surface area contributed by atoms with Crippen molar-refractivity contribution in [3.63, 3.8) is 0 Å². The minimum Gasteiger partial charge on any atom is -0.343 e. The van der Waals surface area contributed by atoms with Crippen LogP contribution in [0.15, 0.2) is 0 Å². The Morgan fingerprint density at radius 1 is 1.56 bits per heavy atom. The molecular formula is C4H8N2O2S. The topological polar surface area (TPSA) is 63.4 Å². The number of carbonyl (C=O) groups excluding carboxylic acids is 1. The summed E-state index contributed by atoms with van der Waals surface area (Å²) in [6.45, 7) is 0. The third-order valence-corrected chi connectivity index (χ3v) is 1.06. The van der Waals surface area contributed by atoms with Crippen LogP contribution >= 0.6 is 0 Å². The molecule has 0 aromatic carbocycles. The number of hydrogen-bond donors (Lipinski definition) is 1. The van der Waals surface area contributed by atoms with Crippen molar-refractivity contribution in [1.82, 2.24) is 4.90 Å². The number of hydrogen-bond acceptors (Lipinski definition) is 2. The molecule has 0 aliphatic carbocycles. The predicted octanol–water partition coefficient (Wildman–Crippen LogP) is -1.62. The Bertz CT molecular complexity index is 171. The van der Waals surface area contributed by atoms with Gasteiger partial charge in [-0.1, -0.05) is 0 Å². The lowest BCUT2D eigenvalue weighted by molar-refractivity contribution is -0.121. The standard InChI is InChI=1S/C4H8N2O2S/c1-6(2)4(7)3(5)9-8/h5H2,1-2H3. The normalized spacial score (nSPS) is 8.33. The van der Waals surface area contributed by atoms with Crippen molar-refractivity contribution in [1.29, 1.82) is 0 Å². The largest absolute Gasteiger partial charge is 0.343 e. The van der Waals surface area contributed by atoms with Crippen LogP contribution < -0.4 is 5.73 Å². The molecule has 0 aliphatic rings. The van der Waals surface area contributed by atoms with Gasteiger partial charge in [0.15, 0.2) is 4.99 Å². The van der Waals surface area contributed by atoms with Crippen molar-refractivity contribution in [3.8, 4) is 0 Å². The van der Waals surface area contributed by atoms with Crippen LogP contribution in [0.1, 0.15) is 0 Å². The Hall–Kier alpha value is -0.680. The van der Waals surface area contributed by atoms with E-state index in [2.05, 4.69) is 0 Å². The first-order valence-electron chi connectivity index (χ1n) is 2.23. The second-order valence-electron chi connectivity index (χ2n) is 1.65. The summed E-state index contributed by atoms with van der Waals surface area (Å²) in [4.78, 5) is 11.6. The average Bonchev–Trinajstić information content (AvgIpc) is 1.84. The van der Waals surface area contributed by atoms with Crippen molar-refractivity contribution < 1.29 is 9.00 Å². The average molecular weight is 148 g/mol. The van der Waals surface area contributed by atoms with E-state index in [1.807, 2.05) is 0 Å². The number of carbonyl (C=O) groups is 1. The van der Waals surface area contributed by atoms with Crippen LogP contribution in [-0.4, -0.2) is 34.1 Å². The summed E-state index contributed by atoms with van der Waals surface area (Å²) in [6.07, 6.45) is 0. The molecule has 0 atom stereocenters. The fraction of sp³-hybridized carbons (Fsp3) is 0.500. The summed E-state index contributed by atoms with van der Waals surface area (Å²) in [5, 5.41) is 0. The van der Waals surface area contributed by atoms with Crippen LogP contribution in [0.4, 0.5) is 0 Å². The van der Waals surface area contributed by atoms with Gasteiger partial charge in [0.25, 0.3) is 5.91 Å². The lowest BCUT2D eigenvalue weighted by Gasteiger charge is -2.06. The molecular weight excluding hydrogens is 140 g/mol. The van der Waals surface area contributed by atoms with Gasteiger partial charge in [0, 0.05) is 14.1 Å². The molecule has 0 spiro atoms. The monoisotopic (exact) mass is 148 g/mol. The second kappa shape index (κ2) is 3.37. The van der Waals surface area contributed by atoms with Gasteiger partial charge in [-0.2, -0.15) is 0 Å². The minimum atomic E-state index is -0.435. The summed E-state index contributed by atoms with van der Waals surface area (Å²) in [5.41, 5.74) is 4.99. The zero-order valence-electron chi connectivity index (χ0n) is 5.25. The molecule has 0 fully saturated rings. The number of nitrogens with two attached hydrogens (primary N) is 1. The van der Waals surface area contributed by atoms with Gasteiger partial charge in [-0.3, -0.25) is 10.5 Å². The molecule has 0 saturated carbocycles. The zero-order chi connectivity index (χ0) is 7.44. The van der Waals surface area contributed by atoms with Crippen molar-refractivity contribution in [2.45, 2.75) is 0 Å². The summed E-state index contributed by atoms with van der Waals surface area (Å²) in [6, 6.07) is 0. The highest BCUT2D eigenvalue weighted by Crippen LogP contribution is 1.74. The molecule has 0 aromatic rings. The van der Waals surface area contributed by atoms with E-state index in [4.69, 9.17) is 5.73 Å². The van der Waals surface area contributed by atoms with Gasteiger partial charge in [0.05, 0.1) is 0 Å². The van der Waals surface area contributed by atoms with Gasteiger partial charge in [0.2, 0.25) is 0 Å². The highest BCUT2D eigenvalue weighted by molar-refractivity contribution is 7.68. The van der Waals surface area contributed by atoms with Crippen LogP contribution in [0.2, 0.25) is 0 Å². The molecule has 5 heteroatoms. The van der Waals surface area contributed by atoms with E-state index in [-0.39, 0.29) is 16.2 Å². The van der Waals surface area contributed by atoms with E-state index in [9.17, 15) is 9.00 Å². The number of rotatable bonds is 0. The van der Waals surface area contributed by atoms with Crippen molar-refractivity contribution >= 4 is 22.2 Å². The molecule has 1 amide bonds.